The highest BCUT2D eigenvalue weighted by Crippen LogP contribution is 2.64. The van der Waals surface area contributed by atoms with Crippen molar-refractivity contribution in [2.24, 2.45) is 40.4 Å². The molecule has 4 saturated carbocycles. The van der Waals surface area contributed by atoms with E-state index in [1.807, 2.05) is 6.92 Å². The van der Waals surface area contributed by atoms with E-state index in [9.17, 15) is 19.5 Å². The van der Waals surface area contributed by atoms with Crippen LogP contribution in [0.3, 0.4) is 0 Å². The second-order valence-corrected chi connectivity index (χ2v) is 13.1. The Hall–Kier alpha value is -2.21. The molecule has 0 bridgehead atoms. The molecule has 10 atom stereocenters. The highest BCUT2D eigenvalue weighted by molar-refractivity contribution is 5.92. The summed E-state index contributed by atoms with van der Waals surface area (Å²) in [6, 6.07) is 0. The molecule has 6 rings (SSSR count). The first-order valence-corrected chi connectivity index (χ1v) is 13.6. The van der Waals surface area contributed by atoms with Gasteiger partial charge in [-0.15, -0.1) is 0 Å². The molecule has 0 radical (unpaired) electrons. The van der Waals surface area contributed by atoms with E-state index in [1.165, 1.54) is 5.57 Å². The van der Waals surface area contributed by atoms with Crippen LogP contribution in [0.5, 0.6) is 0 Å². The number of carbonyl (C=O) groups is 3. The second kappa shape index (κ2) is 7.66. The van der Waals surface area contributed by atoms with Crippen molar-refractivity contribution in [3.8, 4) is 0 Å². The van der Waals surface area contributed by atoms with Crippen LogP contribution in [0.15, 0.2) is 36.5 Å². The molecule has 36 heavy (non-hydrogen) atoms. The van der Waals surface area contributed by atoms with Crippen LogP contribution >= 0.6 is 0 Å². The normalized spacial score (nSPS) is 50.1. The van der Waals surface area contributed by atoms with Crippen LogP contribution in [0, 0.1) is 40.4 Å². The summed E-state index contributed by atoms with van der Waals surface area (Å²) in [7, 11) is 0. The van der Waals surface area contributed by atoms with Gasteiger partial charge in [0.25, 0.3) is 0 Å². The summed E-state index contributed by atoms with van der Waals surface area (Å²) in [5.41, 5.74) is -0.182. The first kappa shape index (κ1) is 24.1. The minimum Gasteiger partial charge on any atom is -0.459 e. The number of Topliss-reactive ketones (excluding diaryl/α,β-unsaturated/α-hetero) is 1. The molecule has 0 spiro atoms. The molecule has 2 heterocycles. The molecule has 2 aliphatic heterocycles. The van der Waals surface area contributed by atoms with Gasteiger partial charge < -0.3 is 14.6 Å². The summed E-state index contributed by atoms with van der Waals surface area (Å²) < 4.78 is 11.9. The Morgan fingerprint density at radius 2 is 1.61 bits per heavy atom. The van der Waals surface area contributed by atoms with Crippen LogP contribution in [0.4, 0.5) is 0 Å². The van der Waals surface area contributed by atoms with E-state index in [2.05, 4.69) is 26.7 Å². The van der Waals surface area contributed by atoms with Gasteiger partial charge in [0.05, 0.1) is 0 Å². The van der Waals surface area contributed by atoms with Gasteiger partial charge in [-0.3, -0.25) is 4.79 Å². The van der Waals surface area contributed by atoms with E-state index in [0.29, 0.717) is 37.7 Å². The molecular formula is C30H38O6. The number of esters is 2. The van der Waals surface area contributed by atoms with Gasteiger partial charge in [0.1, 0.15) is 18.0 Å². The Labute approximate surface area is 213 Å². The van der Waals surface area contributed by atoms with Crippen LogP contribution in [0.2, 0.25) is 0 Å². The zero-order valence-corrected chi connectivity index (χ0v) is 21.5. The zero-order valence-electron chi connectivity index (χ0n) is 21.5. The van der Waals surface area contributed by atoms with Gasteiger partial charge in [-0.05, 0) is 62.7 Å². The van der Waals surface area contributed by atoms with Crippen molar-refractivity contribution >= 4 is 17.7 Å². The Kier molecular flexibility index (Phi) is 5.13. The van der Waals surface area contributed by atoms with Crippen molar-refractivity contribution in [3.05, 3.63) is 36.5 Å². The molecule has 6 heteroatoms. The molecule has 1 unspecified atom stereocenters. The van der Waals surface area contributed by atoms with E-state index >= 15 is 0 Å². The lowest BCUT2D eigenvalue weighted by molar-refractivity contribution is -0.183. The molecule has 6 fully saturated rings. The Morgan fingerprint density at radius 1 is 0.889 bits per heavy atom. The fourth-order valence-corrected chi connectivity index (χ4v) is 9.45. The number of carbonyl (C=O) groups excluding carboxylic acids is 3. The number of aliphatic hydroxyl groups is 1. The molecule has 0 aromatic carbocycles. The average Bonchev–Trinajstić information content (AvgIpc) is 3.37. The van der Waals surface area contributed by atoms with Gasteiger partial charge in [-0.2, -0.15) is 0 Å². The highest BCUT2D eigenvalue weighted by atomic mass is 16.6. The van der Waals surface area contributed by atoms with Gasteiger partial charge in [0.2, 0.25) is 0 Å². The molecule has 1 N–H and O–H groups in total. The molecule has 0 aromatic rings. The van der Waals surface area contributed by atoms with Crippen LogP contribution < -0.4 is 0 Å². The number of fused-ring (bicyclic) bond motifs is 6. The number of rotatable bonds is 2. The number of ketones is 1. The lowest BCUT2D eigenvalue weighted by atomic mass is 9.46. The third-order valence-electron chi connectivity index (χ3n) is 11.3. The number of hydrogen-bond acceptors (Lipinski definition) is 6. The van der Waals surface area contributed by atoms with Crippen molar-refractivity contribution in [3.63, 3.8) is 0 Å². The lowest BCUT2D eigenvalue weighted by Gasteiger charge is -2.57. The molecular weight excluding hydrogens is 456 g/mol. The minimum absolute atomic E-state index is 0.00662. The number of hydrogen-bond donors (Lipinski definition) is 1. The largest absolute Gasteiger partial charge is 0.459 e. The van der Waals surface area contributed by atoms with Gasteiger partial charge >= 0.3 is 11.9 Å². The Balaban J connectivity index is 1.38. The van der Waals surface area contributed by atoms with Crippen LogP contribution in [0.1, 0.15) is 71.6 Å². The van der Waals surface area contributed by atoms with Crippen molar-refractivity contribution in [2.45, 2.75) is 89.4 Å². The van der Waals surface area contributed by atoms with Crippen molar-refractivity contribution in [1.29, 1.82) is 0 Å². The molecule has 6 aliphatic rings. The summed E-state index contributed by atoms with van der Waals surface area (Å²) in [5, 5.41) is 12.2. The summed E-state index contributed by atoms with van der Waals surface area (Å²) in [6.45, 7) is 16.7. The topological polar surface area (TPSA) is 89.9 Å². The molecule has 0 amide bonds. The van der Waals surface area contributed by atoms with E-state index in [-0.39, 0.29) is 47.8 Å². The summed E-state index contributed by atoms with van der Waals surface area (Å²) in [5.74, 6) is -1.27. The number of ether oxygens (including phenoxy) is 2. The minimum atomic E-state index is -1.66. The van der Waals surface area contributed by atoms with Gasteiger partial charge in [0, 0.05) is 41.1 Å². The average molecular weight is 495 g/mol. The molecule has 6 nitrogen and oxygen atoms in total. The fraction of sp³-hybridized carbons (Fsp3) is 0.700. The monoisotopic (exact) mass is 494 g/mol. The Bertz CT molecular complexity index is 1100. The SMILES string of the molecule is C=C1C(=O)O[C@H]2C1CC[C@@]1(C)C(=O)CC[C@@](C)(C[C@]3(O)C(=O)O[C@@H]4[C@H]5C(=C)CC[C@H]5C(=C)CC[C@H]43)[C@H]21. The predicted octanol–water partition coefficient (Wildman–Crippen LogP) is 4.46. The van der Waals surface area contributed by atoms with Crippen LogP contribution in [0.25, 0.3) is 0 Å². The summed E-state index contributed by atoms with van der Waals surface area (Å²) in [6.07, 6.45) is 4.88. The van der Waals surface area contributed by atoms with Gasteiger partial charge in [-0.25, -0.2) is 9.59 Å². The Morgan fingerprint density at radius 3 is 2.36 bits per heavy atom. The number of allylic oxidation sites excluding steroid dienone is 1. The quantitative estimate of drug-likeness (QED) is 0.346. The fourth-order valence-electron chi connectivity index (χ4n) is 9.45. The lowest BCUT2D eigenvalue weighted by Crippen LogP contribution is -2.60. The first-order chi connectivity index (χ1) is 16.9. The van der Waals surface area contributed by atoms with Crippen molar-refractivity contribution in [2.75, 3.05) is 0 Å². The maximum Gasteiger partial charge on any atom is 0.338 e. The maximum atomic E-state index is 13.5. The maximum absolute atomic E-state index is 13.5. The smallest absolute Gasteiger partial charge is 0.338 e. The summed E-state index contributed by atoms with van der Waals surface area (Å²) in [4.78, 5) is 39.3. The van der Waals surface area contributed by atoms with Crippen LogP contribution in [-0.2, 0) is 23.9 Å². The zero-order chi connectivity index (χ0) is 25.8. The van der Waals surface area contributed by atoms with Crippen molar-refractivity contribution in [1.82, 2.24) is 0 Å². The standard InChI is InChI=1S/C30H38O6/c1-15-7-9-20-24(22-16(2)6-8-18(15)22)36-27(33)30(20,34)14-28(4)12-11-21(31)29(5)13-10-19-17(3)26(32)35-23(19)25(28)29/h18-20,22-25,34H,1-3,6-14H2,4-5H3/t18-,19?,20+,22-,23-,24-,25-,28-,29-,30+/m0/s1. The van der Waals surface area contributed by atoms with Gasteiger partial charge in [0.15, 0.2) is 5.60 Å². The van der Waals surface area contributed by atoms with Gasteiger partial charge in [-0.1, -0.05) is 44.7 Å². The summed E-state index contributed by atoms with van der Waals surface area (Å²) >= 11 is 0. The third-order valence-corrected chi connectivity index (χ3v) is 11.3. The molecule has 2 saturated heterocycles. The van der Waals surface area contributed by atoms with E-state index in [4.69, 9.17) is 9.47 Å². The van der Waals surface area contributed by atoms with Crippen molar-refractivity contribution < 1.29 is 29.0 Å². The van der Waals surface area contributed by atoms with Crippen LogP contribution in [-0.4, -0.2) is 40.6 Å². The third kappa shape index (κ3) is 3.03. The van der Waals surface area contributed by atoms with E-state index < -0.39 is 34.6 Å². The predicted molar refractivity (Wildman–Crippen MR) is 132 cm³/mol. The second-order valence-electron chi connectivity index (χ2n) is 13.1. The molecule has 194 valence electrons. The molecule has 4 aliphatic carbocycles. The van der Waals surface area contributed by atoms with E-state index in [1.54, 1.807) is 0 Å². The molecule has 0 aromatic heterocycles. The highest BCUT2D eigenvalue weighted by Gasteiger charge is 2.68. The van der Waals surface area contributed by atoms with E-state index in [0.717, 1.165) is 24.8 Å². The first-order valence-electron chi connectivity index (χ1n) is 13.6.